The Balaban J connectivity index is 1.96. The summed E-state index contributed by atoms with van der Waals surface area (Å²) in [6, 6.07) is 5.14. The van der Waals surface area contributed by atoms with Crippen molar-refractivity contribution in [2.45, 2.75) is 13.3 Å². The fourth-order valence-corrected chi connectivity index (χ4v) is 1.90. The highest BCUT2D eigenvalue weighted by Gasteiger charge is 2.04. The summed E-state index contributed by atoms with van der Waals surface area (Å²) in [5.41, 5.74) is 0.450. The zero-order valence-electron chi connectivity index (χ0n) is 10.3. The molecule has 1 aromatic heterocycles. The summed E-state index contributed by atoms with van der Waals surface area (Å²) in [5, 5.41) is 3.37. The number of anilines is 1. The molecule has 0 radical (unpaired) electrons. The number of nitrogens with one attached hydrogen (secondary N) is 1. The van der Waals surface area contributed by atoms with Crippen LogP contribution in [0.5, 0.6) is 0 Å². The Labute approximate surface area is 114 Å². The smallest absolute Gasteiger partial charge is 0.134 e. The highest BCUT2D eigenvalue weighted by Crippen LogP contribution is 2.13. The zero-order chi connectivity index (χ0) is 13.8. The SMILES string of the molecule is Cc1nc(Cl)cc(NCCc2ccc(F)cc2F)n1. The Bertz CT molecular complexity index is 570. The first kappa shape index (κ1) is 13.7. The molecule has 0 spiro atoms. The van der Waals surface area contributed by atoms with E-state index in [1.54, 1.807) is 13.0 Å². The number of halogens is 3. The van der Waals surface area contributed by atoms with Gasteiger partial charge in [-0.3, -0.25) is 0 Å². The van der Waals surface area contributed by atoms with E-state index >= 15 is 0 Å². The van der Waals surface area contributed by atoms with E-state index in [0.29, 0.717) is 35.3 Å². The molecule has 0 saturated heterocycles. The average Bonchev–Trinajstić information content (AvgIpc) is 2.30. The Kier molecular flexibility index (Phi) is 4.27. The highest BCUT2D eigenvalue weighted by atomic mass is 35.5. The van der Waals surface area contributed by atoms with Gasteiger partial charge in [-0.15, -0.1) is 0 Å². The molecule has 0 atom stereocenters. The van der Waals surface area contributed by atoms with Crippen molar-refractivity contribution in [2.75, 3.05) is 11.9 Å². The molecular weight excluding hydrogens is 272 g/mol. The first-order valence-electron chi connectivity index (χ1n) is 5.73. The average molecular weight is 284 g/mol. The minimum atomic E-state index is -0.576. The van der Waals surface area contributed by atoms with Crippen LogP contribution in [0.3, 0.4) is 0 Å². The van der Waals surface area contributed by atoms with Crippen molar-refractivity contribution < 1.29 is 8.78 Å². The van der Waals surface area contributed by atoms with E-state index in [4.69, 9.17) is 11.6 Å². The van der Waals surface area contributed by atoms with Crippen molar-refractivity contribution >= 4 is 17.4 Å². The maximum atomic E-state index is 13.4. The Hall–Kier alpha value is -1.75. The molecule has 3 nitrogen and oxygen atoms in total. The Morgan fingerprint density at radius 2 is 2.00 bits per heavy atom. The number of benzene rings is 1. The minimum Gasteiger partial charge on any atom is -0.370 e. The molecule has 19 heavy (non-hydrogen) atoms. The van der Waals surface area contributed by atoms with Gasteiger partial charge in [-0.1, -0.05) is 17.7 Å². The van der Waals surface area contributed by atoms with Crippen LogP contribution < -0.4 is 5.32 Å². The number of hydrogen-bond donors (Lipinski definition) is 1. The third-order valence-corrected chi connectivity index (χ3v) is 2.72. The number of aromatic nitrogens is 2. The molecule has 0 saturated carbocycles. The van der Waals surface area contributed by atoms with Crippen LogP contribution in [0.25, 0.3) is 0 Å². The van der Waals surface area contributed by atoms with Gasteiger partial charge in [-0.05, 0) is 25.0 Å². The van der Waals surface area contributed by atoms with Gasteiger partial charge in [0.2, 0.25) is 0 Å². The Morgan fingerprint density at radius 3 is 2.68 bits per heavy atom. The van der Waals surface area contributed by atoms with Gasteiger partial charge in [0.1, 0.15) is 28.4 Å². The molecule has 6 heteroatoms. The summed E-state index contributed by atoms with van der Waals surface area (Å²) >= 11 is 5.80. The van der Waals surface area contributed by atoms with Crippen LogP contribution in [0.4, 0.5) is 14.6 Å². The van der Waals surface area contributed by atoms with Crippen molar-refractivity contribution in [2.24, 2.45) is 0 Å². The molecule has 0 bridgehead atoms. The lowest BCUT2D eigenvalue weighted by molar-refractivity contribution is 0.572. The monoisotopic (exact) mass is 283 g/mol. The first-order chi connectivity index (χ1) is 9.04. The van der Waals surface area contributed by atoms with E-state index in [9.17, 15) is 8.78 Å². The second kappa shape index (κ2) is 5.93. The summed E-state index contributed by atoms with van der Waals surface area (Å²) in [6.45, 7) is 2.20. The number of aryl methyl sites for hydroxylation is 1. The minimum absolute atomic E-state index is 0.350. The van der Waals surface area contributed by atoms with Gasteiger partial charge in [0, 0.05) is 18.7 Å². The fraction of sp³-hybridized carbons (Fsp3) is 0.231. The van der Waals surface area contributed by atoms with E-state index in [-0.39, 0.29) is 0 Å². The predicted molar refractivity (Wildman–Crippen MR) is 70.3 cm³/mol. The van der Waals surface area contributed by atoms with Gasteiger partial charge in [-0.25, -0.2) is 18.7 Å². The summed E-state index contributed by atoms with van der Waals surface area (Å²) in [5.74, 6) is 0.0223. The number of hydrogen-bond acceptors (Lipinski definition) is 3. The van der Waals surface area contributed by atoms with E-state index in [1.165, 1.54) is 12.1 Å². The molecule has 0 aliphatic carbocycles. The largest absolute Gasteiger partial charge is 0.370 e. The molecule has 0 amide bonds. The topological polar surface area (TPSA) is 37.8 Å². The van der Waals surface area contributed by atoms with Gasteiger partial charge in [0.15, 0.2) is 0 Å². The van der Waals surface area contributed by atoms with Gasteiger partial charge in [0.05, 0.1) is 0 Å². The molecule has 0 unspecified atom stereocenters. The number of nitrogens with zero attached hydrogens (tertiary/aromatic N) is 2. The molecule has 0 fully saturated rings. The van der Waals surface area contributed by atoms with E-state index in [0.717, 1.165) is 6.07 Å². The molecule has 100 valence electrons. The van der Waals surface area contributed by atoms with Crippen LogP contribution in [0.15, 0.2) is 24.3 Å². The maximum Gasteiger partial charge on any atom is 0.134 e. The summed E-state index contributed by atoms with van der Waals surface area (Å²) in [4.78, 5) is 8.08. The summed E-state index contributed by atoms with van der Waals surface area (Å²) in [7, 11) is 0. The number of rotatable bonds is 4. The van der Waals surface area contributed by atoms with E-state index in [1.807, 2.05) is 0 Å². The van der Waals surface area contributed by atoms with Gasteiger partial charge in [0.25, 0.3) is 0 Å². The molecule has 1 N–H and O–H groups in total. The van der Waals surface area contributed by atoms with Crippen molar-refractivity contribution in [1.82, 2.24) is 9.97 Å². The third-order valence-electron chi connectivity index (χ3n) is 2.52. The van der Waals surface area contributed by atoms with Crippen LogP contribution >= 0.6 is 11.6 Å². The third kappa shape index (κ3) is 3.86. The van der Waals surface area contributed by atoms with Crippen molar-refractivity contribution in [3.05, 3.63) is 52.4 Å². The van der Waals surface area contributed by atoms with Crippen LogP contribution in [0.2, 0.25) is 5.15 Å². The van der Waals surface area contributed by atoms with E-state index in [2.05, 4.69) is 15.3 Å². The maximum absolute atomic E-state index is 13.4. The lowest BCUT2D eigenvalue weighted by Crippen LogP contribution is -2.08. The van der Waals surface area contributed by atoms with Gasteiger partial charge < -0.3 is 5.32 Å². The van der Waals surface area contributed by atoms with E-state index < -0.39 is 11.6 Å². The normalized spacial score (nSPS) is 10.5. The molecule has 0 aliphatic rings. The van der Waals surface area contributed by atoms with Crippen LogP contribution in [0.1, 0.15) is 11.4 Å². The molecule has 1 heterocycles. The summed E-state index contributed by atoms with van der Waals surface area (Å²) < 4.78 is 26.1. The van der Waals surface area contributed by atoms with Crippen LogP contribution in [-0.4, -0.2) is 16.5 Å². The van der Waals surface area contributed by atoms with Gasteiger partial charge >= 0.3 is 0 Å². The predicted octanol–water partition coefficient (Wildman–Crippen LogP) is 3.37. The quantitative estimate of drug-likeness (QED) is 0.874. The second-order valence-corrected chi connectivity index (χ2v) is 4.42. The van der Waals surface area contributed by atoms with Crippen molar-refractivity contribution in [3.63, 3.8) is 0 Å². The molecule has 1 aromatic carbocycles. The lowest BCUT2D eigenvalue weighted by atomic mass is 10.1. The van der Waals surface area contributed by atoms with Crippen molar-refractivity contribution in [1.29, 1.82) is 0 Å². The Morgan fingerprint density at radius 1 is 1.21 bits per heavy atom. The summed E-state index contributed by atoms with van der Waals surface area (Å²) in [6.07, 6.45) is 0.423. The van der Waals surface area contributed by atoms with Crippen molar-refractivity contribution in [3.8, 4) is 0 Å². The second-order valence-electron chi connectivity index (χ2n) is 4.04. The molecule has 0 aliphatic heterocycles. The lowest BCUT2D eigenvalue weighted by Gasteiger charge is -2.07. The first-order valence-corrected chi connectivity index (χ1v) is 6.11. The molecule has 2 aromatic rings. The highest BCUT2D eigenvalue weighted by molar-refractivity contribution is 6.29. The van der Waals surface area contributed by atoms with Crippen LogP contribution in [0, 0.1) is 18.6 Å². The van der Waals surface area contributed by atoms with Crippen LogP contribution in [-0.2, 0) is 6.42 Å². The molecular formula is C13H12ClF2N3. The fourth-order valence-electron chi connectivity index (χ4n) is 1.67. The molecule has 2 rings (SSSR count). The standard InChI is InChI=1S/C13H12ClF2N3/c1-8-18-12(14)7-13(19-8)17-5-4-9-2-3-10(15)6-11(9)16/h2-3,6-7H,4-5H2,1H3,(H,17,18,19). The zero-order valence-corrected chi connectivity index (χ0v) is 11.0. The van der Waals surface area contributed by atoms with Gasteiger partial charge in [-0.2, -0.15) is 0 Å².